The minimum atomic E-state index is -0.0198. The maximum atomic E-state index is 11.7. The second-order valence-electron chi connectivity index (χ2n) is 3.65. The van der Waals surface area contributed by atoms with Gasteiger partial charge in [0.1, 0.15) is 0 Å². The Morgan fingerprint density at radius 1 is 1.40 bits per heavy atom. The van der Waals surface area contributed by atoms with Crippen LogP contribution in [0.15, 0.2) is 28.7 Å². The third-order valence-corrected chi connectivity index (χ3v) is 3.02. The van der Waals surface area contributed by atoms with Gasteiger partial charge in [-0.1, -0.05) is 15.9 Å². The van der Waals surface area contributed by atoms with Crippen molar-refractivity contribution in [1.29, 1.82) is 0 Å². The second-order valence-corrected chi connectivity index (χ2v) is 4.56. The van der Waals surface area contributed by atoms with Crippen LogP contribution in [0.3, 0.4) is 0 Å². The third-order valence-electron chi connectivity index (χ3n) is 2.49. The molecule has 80 valence electrons. The van der Waals surface area contributed by atoms with E-state index in [1.54, 1.807) is 0 Å². The molecule has 0 spiro atoms. The van der Waals surface area contributed by atoms with Crippen molar-refractivity contribution in [2.24, 2.45) is 0 Å². The average Bonchev–Trinajstić information content (AvgIpc) is 2.74. The van der Waals surface area contributed by atoms with E-state index in [2.05, 4.69) is 26.6 Å². The van der Waals surface area contributed by atoms with Crippen molar-refractivity contribution in [2.45, 2.75) is 18.9 Å². The second kappa shape index (κ2) is 4.77. The lowest BCUT2D eigenvalue weighted by Crippen LogP contribution is -2.35. The highest BCUT2D eigenvalue weighted by molar-refractivity contribution is 9.10. The molecule has 1 heterocycles. The van der Waals surface area contributed by atoms with Crippen LogP contribution in [0.25, 0.3) is 0 Å². The Labute approximate surface area is 97.4 Å². The molecule has 1 fully saturated rings. The molecule has 1 atom stereocenters. The number of carbonyl (C=O) groups excluding carboxylic acids is 1. The first-order valence-electron chi connectivity index (χ1n) is 5.05. The van der Waals surface area contributed by atoms with Crippen LogP contribution in [0.1, 0.15) is 12.8 Å². The molecular weight excluding hydrogens is 256 g/mol. The highest BCUT2D eigenvalue weighted by atomic mass is 79.9. The monoisotopic (exact) mass is 268 g/mol. The first kappa shape index (κ1) is 10.6. The number of hydrogen-bond donors (Lipinski definition) is 2. The van der Waals surface area contributed by atoms with Crippen molar-refractivity contribution < 1.29 is 4.79 Å². The third kappa shape index (κ3) is 2.79. The molecule has 3 nitrogen and oxygen atoms in total. The number of benzene rings is 1. The number of anilines is 1. The van der Waals surface area contributed by atoms with Gasteiger partial charge in [-0.3, -0.25) is 4.79 Å². The van der Waals surface area contributed by atoms with Gasteiger partial charge in [0.15, 0.2) is 0 Å². The van der Waals surface area contributed by atoms with Crippen molar-refractivity contribution >= 4 is 27.5 Å². The minimum absolute atomic E-state index is 0.0198. The predicted octanol–water partition coefficient (Wildman–Crippen LogP) is 2.14. The zero-order valence-corrected chi connectivity index (χ0v) is 9.88. The summed E-state index contributed by atoms with van der Waals surface area (Å²) >= 11 is 3.35. The van der Waals surface area contributed by atoms with E-state index in [-0.39, 0.29) is 11.9 Å². The fraction of sp³-hybridized carbons (Fsp3) is 0.364. The van der Waals surface area contributed by atoms with Gasteiger partial charge < -0.3 is 10.6 Å². The van der Waals surface area contributed by atoms with Crippen LogP contribution in [0, 0.1) is 0 Å². The van der Waals surface area contributed by atoms with Gasteiger partial charge in [-0.25, -0.2) is 0 Å². The highest BCUT2D eigenvalue weighted by Gasteiger charge is 2.21. The van der Waals surface area contributed by atoms with Gasteiger partial charge in [0.2, 0.25) is 5.91 Å². The topological polar surface area (TPSA) is 41.1 Å². The van der Waals surface area contributed by atoms with Gasteiger partial charge in [0.25, 0.3) is 0 Å². The number of carbonyl (C=O) groups is 1. The van der Waals surface area contributed by atoms with Crippen LogP contribution in [-0.4, -0.2) is 18.5 Å². The lowest BCUT2D eigenvalue weighted by Gasteiger charge is -2.10. The van der Waals surface area contributed by atoms with Gasteiger partial charge in [-0.15, -0.1) is 0 Å². The van der Waals surface area contributed by atoms with Crippen LogP contribution in [0.5, 0.6) is 0 Å². The number of rotatable bonds is 2. The molecule has 0 radical (unpaired) electrons. The molecule has 15 heavy (non-hydrogen) atoms. The van der Waals surface area contributed by atoms with E-state index < -0.39 is 0 Å². The fourth-order valence-electron chi connectivity index (χ4n) is 1.67. The quantitative estimate of drug-likeness (QED) is 0.863. The van der Waals surface area contributed by atoms with E-state index in [1.807, 2.05) is 24.3 Å². The number of nitrogens with one attached hydrogen (secondary N) is 2. The van der Waals surface area contributed by atoms with Crippen LogP contribution in [-0.2, 0) is 4.79 Å². The van der Waals surface area contributed by atoms with Crippen molar-refractivity contribution in [3.8, 4) is 0 Å². The molecule has 2 rings (SSSR count). The SMILES string of the molecule is O=C(Nc1ccc(Br)cc1)C1CCCN1. The van der Waals surface area contributed by atoms with Gasteiger partial charge in [-0.05, 0) is 43.7 Å². The molecule has 1 aromatic carbocycles. The molecule has 0 aliphatic carbocycles. The van der Waals surface area contributed by atoms with Gasteiger partial charge >= 0.3 is 0 Å². The lowest BCUT2D eigenvalue weighted by atomic mass is 10.2. The van der Waals surface area contributed by atoms with E-state index >= 15 is 0 Å². The summed E-state index contributed by atoms with van der Waals surface area (Å²) in [6, 6.07) is 7.58. The van der Waals surface area contributed by atoms with Crippen LogP contribution in [0.2, 0.25) is 0 Å². The summed E-state index contributed by atoms with van der Waals surface area (Å²) in [6.45, 7) is 0.943. The summed E-state index contributed by atoms with van der Waals surface area (Å²) < 4.78 is 1.01. The Kier molecular flexibility index (Phi) is 3.38. The summed E-state index contributed by atoms with van der Waals surface area (Å²) in [4.78, 5) is 11.7. The smallest absolute Gasteiger partial charge is 0.241 e. The Balaban J connectivity index is 1.96. The minimum Gasteiger partial charge on any atom is -0.325 e. The standard InChI is InChI=1S/C11H13BrN2O/c12-8-3-5-9(6-4-8)14-11(15)10-2-1-7-13-10/h3-6,10,13H,1-2,7H2,(H,14,15). The first-order chi connectivity index (χ1) is 7.25. The molecule has 0 saturated carbocycles. The van der Waals surface area contributed by atoms with E-state index in [1.165, 1.54) is 0 Å². The zero-order chi connectivity index (χ0) is 10.7. The number of halogens is 1. The van der Waals surface area contributed by atoms with Gasteiger partial charge in [-0.2, -0.15) is 0 Å². The van der Waals surface area contributed by atoms with E-state index in [0.717, 1.165) is 29.5 Å². The van der Waals surface area contributed by atoms with Crippen molar-refractivity contribution in [3.05, 3.63) is 28.7 Å². The molecule has 4 heteroatoms. The predicted molar refractivity (Wildman–Crippen MR) is 63.8 cm³/mol. The van der Waals surface area contributed by atoms with Crippen LogP contribution >= 0.6 is 15.9 Å². The van der Waals surface area contributed by atoms with Crippen molar-refractivity contribution in [3.63, 3.8) is 0 Å². The molecule has 0 aromatic heterocycles. The lowest BCUT2D eigenvalue weighted by molar-refractivity contribution is -0.117. The van der Waals surface area contributed by atoms with Crippen molar-refractivity contribution in [2.75, 3.05) is 11.9 Å². The Morgan fingerprint density at radius 3 is 2.73 bits per heavy atom. The Bertz CT molecular complexity index is 344. The largest absolute Gasteiger partial charge is 0.325 e. The molecule has 1 aliphatic rings. The molecule has 1 aromatic rings. The summed E-state index contributed by atoms with van der Waals surface area (Å²) in [5.41, 5.74) is 0.844. The molecule has 0 bridgehead atoms. The van der Waals surface area contributed by atoms with E-state index in [9.17, 15) is 4.79 Å². The van der Waals surface area contributed by atoms with Crippen molar-refractivity contribution in [1.82, 2.24) is 5.32 Å². The van der Waals surface area contributed by atoms with Gasteiger partial charge in [0, 0.05) is 10.2 Å². The molecule has 1 amide bonds. The molecular formula is C11H13BrN2O. The molecule has 1 aliphatic heterocycles. The summed E-state index contributed by atoms with van der Waals surface area (Å²) in [6.07, 6.45) is 2.01. The summed E-state index contributed by atoms with van der Waals surface area (Å²) in [7, 11) is 0. The molecule has 1 saturated heterocycles. The fourth-order valence-corrected chi connectivity index (χ4v) is 1.94. The van der Waals surface area contributed by atoms with Crippen LogP contribution in [0.4, 0.5) is 5.69 Å². The normalized spacial score (nSPS) is 20.2. The van der Waals surface area contributed by atoms with E-state index in [0.29, 0.717) is 0 Å². The first-order valence-corrected chi connectivity index (χ1v) is 5.85. The maximum Gasteiger partial charge on any atom is 0.241 e. The van der Waals surface area contributed by atoms with Crippen LogP contribution < -0.4 is 10.6 Å². The average molecular weight is 269 g/mol. The number of hydrogen-bond acceptors (Lipinski definition) is 2. The zero-order valence-electron chi connectivity index (χ0n) is 8.29. The Hall–Kier alpha value is -0.870. The maximum absolute atomic E-state index is 11.7. The van der Waals surface area contributed by atoms with E-state index in [4.69, 9.17) is 0 Å². The number of amides is 1. The summed E-state index contributed by atoms with van der Waals surface area (Å²) in [5.74, 6) is 0.0647. The molecule has 1 unspecified atom stereocenters. The molecule has 2 N–H and O–H groups in total. The summed E-state index contributed by atoms with van der Waals surface area (Å²) in [5, 5.41) is 6.06. The highest BCUT2D eigenvalue weighted by Crippen LogP contribution is 2.15. The Morgan fingerprint density at radius 2 is 2.13 bits per heavy atom. The van der Waals surface area contributed by atoms with Gasteiger partial charge in [0.05, 0.1) is 6.04 Å².